The van der Waals surface area contributed by atoms with Gasteiger partial charge in [0, 0.05) is 0 Å². The average molecular weight is 187 g/mol. The van der Waals surface area contributed by atoms with Crippen molar-refractivity contribution in [2.45, 2.75) is 52.7 Å². The molecule has 0 fully saturated rings. The van der Waals surface area contributed by atoms with Gasteiger partial charge in [-0.15, -0.1) is 0 Å². The molecule has 78 valence electrons. The van der Waals surface area contributed by atoms with E-state index in [4.69, 9.17) is 10.5 Å². The summed E-state index contributed by atoms with van der Waals surface area (Å²) in [4.78, 5) is 11.3. The first-order valence-corrected chi connectivity index (χ1v) is 4.93. The summed E-state index contributed by atoms with van der Waals surface area (Å²) in [6, 6.07) is -0.464. The predicted octanol–water partition coefficient (Wildman–Crippen LogP) is 1.70. The SMILES string of the molecule is CC[C@H](C)OC(=O)[C@@H](N)CC(C)C. The average Bonchev–Trinajstić information content (AvgIpc) is 2.02. The molecule has 0 saturated heterocycles. The smallest absolute Gasteiger partial charge is 0.323 e. The number of rotatable bonds is 5. The van der Waals surface area contributed by atoms with E-state index in [1.54, 1.807) is 0 Å². The highest BCUT2D eigenvalue weighted by Crippen LogP contribution is 2.06. The van der Waals surface area contributed by atoms with Crippen molar-refractivity contribution in [3.8, 4) is 0 Å². The topological polar surface area (TPSA) is 52.3 Å². The first-order valence-electron chi connectivity index (χ1n) is 4.93. The van der Waals surface area contributed by atoms with Crippen LogP contribution >= 0.6 is 0 Å². The van der Waals surface area contributed by atoms with E-state index in [9.17, 15) is 4.79 Å². The Kier molecular flexibility index (Phi) is 5.71. The van der Waals surface area contributed by atoms with Crippen molar-refractivity contribution in [2.75, 3.05) is 0 Å². The molecule has 0 aromatic heterocycles. The summed E-state index contributed by atoms with van der Waals surface area (Å²) in [5.74, 6) is 0.155. The van der Waals surface area contributed by atoms with E-state index in [0.717, 1.165) is 6.42 Å². The molecule has 3 heteroatoms. The minimum absolute atomic E-state index is 0.0225. The molecule has 0 unspecified atom stereocenters. The van der Waals surface area contributed by atoms with Gasteiger partial charge in [-0.05, 0) is 25.7 Å². The third kappa shape index (κ3) is 5.64. The van der Waals surface area contributed by atoms with E-state index >= 15 is 0 Å². The molecule has 0 radical (unpaired) electrons. The highest BCUT2D eigenvalue weighted by Gasteiger charge is 2.17. The monoisotopic (exact) mass is 187 g/mol. The highest BCUT2D eigenvalue weighted by atomic mass is 16.5. The molecule has 0 spiro atoms. The third-order valence-electron chi connectivity index (χ3n) is 1.92. The van der Waals surface area contributed by atoms with Crippen LogP contribution in [0.1, 0.15) is 40.5 Å². The van der Waals surface area contributed by atoms with Gasteiger partial charge in [0.2, 0.25) is 0 Å². The van der Waals surface area contributed by atoms with Crippen LogP contribution in [0, 0.1) is 5.92 Å². The molecule has 2 atom stereocenters. The normalized spacial score (nSPS) is 15.5. The fourth-order valence-corrected chi connectivity index (χ4v) is 0.973. The molecule has 0 amide bonds. The van der Waals surface area contributed by atoms with Crippen molar-refractivity contribution in [1.29, 1.82) is 0 Å². The lowest BCUT2D eigenvalue weighted by molar-refractivity contribution is -0.150. The van der Waals surface area contributed by atoms with Crippen LogP contribution in [-0.4, -0.2) is 18.1 Å². The molecule has 0 aromatic rings. The molecule has 0 aliphatic rings. The molecule has 0 bridgehead atoms. The Labute approximate surface area is 80.6 Å². The Morgan fingerprint density at radius 2 is 1.92 bits per heavy atom. The largest absolute Gasteiger partial charge is 0.462 e. The Morgan fingerprint density at radius 3 is 2.31 bits per heavy atom. The van der Waals surface area contributed by atoms with E-state index in [1.807, 2.05) is 27.7 Å². The van der Waals surface area contributed by atoms with Gasteiger partial charge in [0.25, 0.3) is 0 Å². The molecule has 3 nitrogen and oxygen atoms in total. The van der Waals surface area contributed by atoms with Crippen LogP contribution in [0.2, 0.25) is 0 Å². The van der Waals surface area contributed by atoms with E-state index in [1.165, 1.54) is 0 Å². The summed E-state index contributed by atoms with van der Waals surface area (Å²) in [6.07, 6.45) is 1.50. The van der Waals surface area contributed by atoms with Gasteiger partial charge in [0.15, 0.2) is 0 Å². The van der Waals surface area contributed by atoms with E-state index in [2.05, 4.69) is 0 Å². The van der Waals surface area contributed by atoms with Gasteiger partial charge in [0.1, 0.15) is 6.04 Å². The first-order chi connectivity index (χ1) is 5.97. The van der Waals surface area contributed by atoms with Crippen molar-refractivity contribution in [3.05, 3.63) is 0 Å². The Bertz CT molecular complexity index is 157. The summed E-state index contributed by atoms with van der Waals surface area (Å²) in [5, 5.41) is 0. The second-order valence-electron chi connectivity index (χ2n) is 3.89. The number of esters is 1. The van der Waals surface area contributed by atoms with Gasteiger partial charge in [-0.25, -0.2) is 0 Å². The number of hydrogen-bond acceptors (Lipinski definition) is 3. The fourth-order valence-electron chi connectivity index (χ4n) is 0.973. The third-order valence-corrected chi connectivity index (χ3v) is 1.92. The summed E-state index contributed by atoms with van der Waals surface area (Å²) >= 11 is 0. The number of carbonyl (C=O) groups is 1. The first kappa shape index (κ1) is 12.4. The van der Waals surface area contributed by atoms with Gasteiger partial charge < -0.3 is 10.5 Å². The van der Waals surface area contributed by atoms with E-state index < -0.39 is 6.04 Å². The van der Waals surface area contributed by atoms with Crippen molar-refractivity contribution >= 4 is 5.97 Å². The number of nitrogens with two attached hydrogens (primary N) is 1. The molecule has 0 rings (SSSR count). The molecule has 0 aliphatic heterocycles. The molecule has 0 saturated carbocycles. The van der Waals surface area contributed by atoms with Crippen LogP contribution in [0.4, 0.5) is 0 Å². The van der Waals surface area contributed by atoms with Crippen LogP contribution in [0.25, 0.3) is 0 Å². The van der Waals surface area contributed by atoms with Crippen molar-refractivity contribution in [1.82, 2.24) is 0 Å². The summed E-state index contributed by atoms with van der Waals surface area (Å²) < 4.78 is 5.10. The van der Waals surface area contributed by atoms with E-state index in [-0.39, 0.29) is 12.1 Å². The number of ether oxygens (including phenoxy) is 1. The van der Waals surface area contributed by atoms with Crippen molar-refractivity contribution in [2.24, 2.45) is 11.7 Å². The van der Waals surface area contributed by atoms with Gasteiger partial charge >= 0.3 is 5.97 Å². The van der Waals surface area contributed by atoms with E-state index in [0.29, 0.717) is 12.3 Å². The maximum Gasteiger partial charge on any atom is 0.323 e. The van der Waals surface area contributed by atoms with Crippen LogP contribution in [0.3, 0.4) is 0 Å². The minimum Gasteiger partial charge on any atom is -0.462 e. The van der Waals surface area contributed by atoms with Gasteiger partial charge in [-0.3, -0.25) is 4.79 Å². The Morgan fingerprint density at radius 1 is 1.38 bits per heavy atom. The van der Waals surface area contributed by atoms with Gasteiger partial charge in [0.05, 0.1) is 6.10 Å². The zero-order valence-corrected chi connectivity index (χ0v) is 9.04. The minimum atomic E-state index is -0.464. The van der Waals surface area contributed by atoms with Crippen LogP contribution in [-0.2, 0) is 9.53 Å². The zero-order valence-electron chi connectivity index (χ0n) is 9.04. The summed E-state index contributed by atoms with van der Waals surface area (Å²) in [6.45, 7) is 7.93. The van der Waals surface area contributed by atoms with Crippen LogP contribution in [0.5, 0.6) is 0 Å². The quantitative estimate of drug-likeness (QED) is 0.666. The highest BCUT2D eigenvalue weighted by molar-refractivity contribution is 5.75. The number of carbonyl (C=O) groups excluding carboxylic acids is 1. The number of hydrogen-bond donors (Lipinski definition) is 1. The van der Waals surface area contributed by atoms with Crippen LogP contribution < -0.4 is 5.73 Å². The predicted molar refractivity (Wildman–Crippen MR) is 53.3 cm³/mol. The zero-order chi connectivity index (χ0) is 10.4. The molecule has 2 N–H and O–H groups in total. The summed E-state index contributed by atoms with van der Waals surface area (Å²) in [5.41, 5.74) is 5.65. The standard InChI is InChI=1S/C10H21NO2/c1-5-8(4)13-10(12)9(11)6-7(2)3/h7-9H,5-6,11H2,1-4H3/t8-,9-/m0/s1. The summed E-state index contributed by atoms with van der Waals surface area (Å²) in [7, 11) is 0. The fraction of sp³-hybridized carbons (Fsp3) is 0.900. The molecule has 13 heavy (non-hydrogen) atoms. The van der Waals surface area contributed by atoms with Gasteiger partial charge in [-0.2, -0.15) is 0 Å². The lowest BCUT2D eigenvalue weighted by atomic mass is 10.0. The molecular formula is C10H21NO2. The second-order valence-corrected chi connectivity index (χ2v) is 3.89. The molecule has 0 heterocycles. The second kappa shape index (κ2) is 5.97. The Hall–Kier alpha value is -0.570. The lowest BCUT2D eigenvalue weighted by Crippen LogP contribution is -2.35. The maximum absolute atomic E-state index is 11.3. The maximum atomic E-state index is 11.3. The molecule has 0 aromatic carbocycles. The lowest BCUT2D eigenvalue weighted by Gasteiger charge is -2.16. The van der Waals surface area contributed by atoms with Gasteiger partial charge in [-0.1, -0.05) is 20.8 Å². The molecular weight excluding hydrogens is 166 g/mol. The molecule has 0 aliphatic carbocycles. The van der Waals surface area contributed by atoms with Crippen LogP contribution in [0.15, 0.2) is 0 Å². The van der Waals surface area contributed by atoms with Crippen molar-refractivity contribution in [3.63, 3.8) is 0 Å². The Balaban J connectivity index is 3.82. The van der Waals surface area contributed by atoms with Crippen molar-refractivity contribution < 1.29 is 9.53 Å².